The highest BCUT2D eigenvalue weighted by molar-refractivity contribution is 5.67. The lowest BCUT2D eigenvalue weighted by atomic mass is 9.48. The van der Waals surface area contributed by atoms with Gasteiger partial charge in [-0.05, 0) is 48.7 Å². The van der Waals surface area contributed by atoms with Gasteiger partial charge in [0.2, 0.25) is 0 Å². The second-order valence-corrected chi connectivity index (χ2v) is 11.0. The number of carbonyl (C=O) groups is 2. The molecule has 2 bridgehead atoms. The predicted molar refractivity (Wildman–Crippen MR) is 113 cm³/mol. The van der Waals surface area contributed by atoms with Crippen molar-refractivity contribution in [3.8, 4) is 0 Å². The Bertz CT molecular complexity index is 843. The molecule has 9 atom stereocenters. The van der Waals surface area contributed by atoms with Gasteiger partial charge in [-0.3, -0.25) is 9.59 Å². The van der Waals surface area contributed by atoms with Gasteiger partial charge in [0.25, 0.3) is 0 Å². The number of epoxide rings is 1. The topological polar surface area (TPSA) is 126 Å². The molecule has 1 heterocycles. The Labute approximate surface area is 188 Å². The number of fused-ring (bicyclic) bond motifs is 4. The number of esters is 2. The Morgan fingerprint density at radius 3 is 2.19 bits per heavy atom. The largest absolute Gasteiger partial charge is 0.458 e. The van der Waals surface area contributed by atoms with E-state index < -0.39 is 64.8 Å². The number of carbonyl (C=O) groups excluding carboxylic acids is 2. The number of ether oxygens (including phenoxy) is 3. The van der Waals surface area contributed by atoms with Gasteiger partial charge in [-0.2, -0.15) is 0 Å². The average molecular weight is 453 g/mol. The molecule has 1 spiro atoms. The molecule has 0 amide bonds. The summed E-state index contributed by atoms with van der Waals surface area (Å²) >= 11 is 0. The molecule has 4 aliphatic rings. The van der Waals surface area contributed by atoms with E-state index in [1.54, 1.807) is 0 Å². The second-order valence-electron chi connectivity index (χ2n) is 11.0. The standard InChI is InChI=1S/C24H36O8/c1-11-15(31-12(2)25)9-14-18(28)20-23(6,8-7-16(27)24(20)10-30-24)21(29)19(32-13(3)26)17(11)22(14,4)5/h14-16,18-21,27-29H,7-10H2,1-6H3. The summed E-state index contributed by atoms with van der Waals surface area (Å²) in [7, 11) is 0. The smallest absolute Gasteiger partial charge is 0.303 e. The van der Waals surface area contributed by atoms with Crippen molar-refractivity contribution in [1.82, 2.24) is 0 Å². The summed E-state index contributed by atoms with van der Waals surface area (Å²) in [4.78, 5) is 24.0. The van der Waals surface area contributed by atoms with Crippen molar-refractivity contribution in [3.63, 3.8) is 0 Å². The van der Waals surface area contributed by atoms with E-state index in [0.717, 1.165) is 5.57 Å². The maximum absolute atomic E-state index is 12.2. The molecule has 0 aromatic carbocycles. The number of aliphatic hydroxyl groups excluding tert-OH is 3. The van der Waals surface area contributed by atoms with Gasteiger partial charge >= 0.3 is 11.9 Å². The van der Waals surface area contributed by atoms with Crippen LogP contribution in [0.3, 0.4) is 0 Å². The van der Waals surface area contributed by atoms with Gasteiger partial charge < -0.3 is 29.5 Å². The monoisotopic (exact) mass is 452 g/mol. The molecule has 2 saturated carbocycles. The zero-order valence-corrected chi connectivity index (χ0v) is 19.8. The van der Waals surface area contributed by atoms with Crippen LogP contribution >= 0.6 is 0 Å². The van der Waals surface area contributed by atoms with Gasteiger partial charge in [0.15, 0.2) is 6.10 Å². The van der Waals surface area contributed by atoms with Crippen LogP contribution in [0.2, 0.25) is 0 Å². The van der Waals surface area contributed by atoms with E-state index in [9.17, 15) is 24.9 Å². The molecule has 1 saturated heterocycles. The Morgan fingerprint density at radius 1 is 1.06 bits per heavy atom. The van der Waals surface area contributed by atoms with E-state index in [1.165, 1.54) is 13.8 Å². The minimum atomic E-state index is -1.14. The molecule has 0 aromatic heterocycles. The SMILES string of the molecule is CC(=O)OC1CC2C(O)C3C(C)(CCC(O)C34CO4)C(O)C(OC(C)=O)C(=C1C)C2(C)C. The highest BCUT2D eigenvalue weighted by Gasteiger charge is 2.71. The van der Waals surface area contributed by atoms with E-state index in [4.69, 9.17) is 14.2 Å². The Kier molecular flexibility index (Phi) is 5.56. The molecular formula is C24H36O8. The average Bonchev–Trinajstić information content (AvgIpc) is 3.45. The van der Waals surface area contributed by atoms with Crippen LogP contribution in [0.25, 0.3) is 0 Å². The van der Waals surface area contributed by atoms with Crippen LogP contribution < -0.4 is 0 Å². The zero-order valence-electron chi connectivity index (χ0n) is 19.8. The van der Waals surface area contributed by atoms with Crippen molar-refractivity contribution in [3.05, 3.63) is 11.1 Å². The van der Waals surface area contributed by atoms with Crippen molar-refractivity contribution < 1.29 is 39.1 Å². The van der Waals surface area contributed by atoms with Crippen molar-refractivity contribution >= 4 is 11.9 Å². The predicted octanol–water partition coefficient (Wildman–Crippen LogP) is 1.49. The van der Waals surface area contributed by atoms with Crippen LogP contribution in [-0.2, 0) is 23.8 Å². The van der Waals surface area contributed by atoms with Crippen LogP contribution in [-0.4, -0.2) is 70.0 Å². The Balaban J connectivity index is 1.94. The number of aliphatic hydroxyl groups is 3. The lowest BCUT2D eigenvalue weighted by molar-refractivity contribution is -0.209. The van der Waals surface area contributed by atoms with Crippen molar-refractivity contribution in [2.24, 2.45) is 22.7 Å². The third-order valence-electron chi connectivity index (χ3n) is 8.83. The third kappa shape index (κ3) is 3.25. The first-order valence-electron chi connectivity index (χ1n) is 11.5. The van der Waals surface area contributed by atoms with Crippen LogP contribution in [0.15, 0.2) is 11.1 Å². The van der Waals surface area contributed by atoms with E-state index in [2.05, 4.69) is 0 Å². The molecule has 3 fully saturated rings. The molecule has 0 aromatic rings. The molecule has 0 radical (unpaired) electrons. The number of hydrogen-bond donors (Lipinski definition) is 3. The molecular weight excluding hydrogens is 416 g/mol. The maximum atomic E-state index is 12.2. The van der Waals surface area contributed by atoms with Crippen LogP contribution in [0.4, 0.5) is 0 Å². The van der Waals surface area contributed by atoms with Gasteiger partial charge in [0.05, 0.1) is 18.8 Å². The highest BCUT2D eigenvalue weighted by atomic mass is 16.6. The van der Waals surface area contributed by atoms with Crippen LogP contribution in [0.5, 0.6) is 0 Å². The first-order chi connectivity index (χ1) is 14.8. The van der Waals surface area contributed by atoms with Crippen molar-refractivity contribution in [2.75, 3.05) is 6.61 Å². The van der Waals surface area contributed by atoms with E-state index in [0.29, 0.717) is 31.4 Å². The maximum Gasteiger partial charge on any atom is 0.303 e. The Hall–Kier alpha value is -1.48. The summed E-state index contributed by atoms with van der Waals surface area (Å²) in [5.74, 6) is -1.91. The fourth-order valence-corrected chi connectivity index (χ4v) is 7.19. The first-order valence-corrected chi connectivity index (χ1v) is 11.5. The summed E-state index contributed by atoms with van der Waals surface area (Å²) in [6.07, 6.45) is -3.11. The third-order valence-corrected chi connectivity index (χ3v) is 8.83. The zero-order chi connectivity index (χ0) is 23.8. The highest BCUT2D eigenvalue weighted by Crippen LogP contribution is 2.63. The van der Waals surface area contributed by atoms with E-state index >= 15 is 0 Å². The second kappa shape index (κ2) is 7.52. The quantitative estimate of drug-likeness (QED) is 0.327. The molecule has 180 valence electrons. The number of rotatable bonds is 2. The van der Waals surface area contributed by atoms with Gasteiger partial charge in [-0.1, -0.05) is 20.8 Å². The summed E-state index contributed by atoms with van der Waals surface area (Å²) in [5, 5.41) is 34.5. The molecule has 1 aliphatic heterocycles. The molecule has 8 nitrogen and oxygen atoms in total. The summed E-state index contributed by atoms with van der Waals surface area (Å²) in [6, 6.07) is 0. The van der Waals surface area contributed by atoms with E-state index in [1.807, 2.05) is 27.7 Å². The summed E-state index contributed by atoms with van der Waals surface area (Å²) < 4.78 is 17.2. The fraction of sp³-hybridized carbons (Fsp3) is 0.833. The minimum absolute atomic E-state index is 0.304. The molecule has 32 heavy (non-hydrogen) atoms. The van der Waals surface area contributed by atoms with Crippen LogP contribution in [0, 0.1) is 22.7 Å². The van der Waals surface area contributed by atoms with Gasteiger partial charge in [0.1, 0.15) is 17.8 Å². The Morgan fingerprint density at radius 2 is 1.66 bits per heavy atom. The molecule has 3 aliphatic carbocycles. The lowest BCUT2D eigenvalue weighted by Gasteiger charge is -2.60. The molecule has 9 unspecified atom stereocenters. The molecule has 3 N–H and O–H groups in total. The summed E-state index contributed by atoms with van der Waals surface area (Å²) in [6.45, 7) is 10.6. The lowest BCUT2D eigenvalue weighted by Crippen LogP contribution is -2.67. The fourth-order valence-electron chi connectivity index (χ4n) is 7.19. The number of hydrogen-bond acceptors (Lipinski definition) is 8. The minimum Gasteiger partial charge on any atom is -0.458 e. The van der Waals surface area contributed by atoms with Gasteiger partial charge in [0, 0.05) is 25.2 Å². The summed E-state index contributed by atoms with van der Waals surface area (Å²) in [5.41, 5.74) is -1.02. The van der Waals surface area contributed by atoms with Crippen molar-refractivity contribution in [1.29, 1.82) is 0 Å². The normalized spacial score (nSPS) is 47.2. The molecule has 4 rings (SSSR count). The first kappa shape index (κ1) is 23.7. The van der Waals surface area contributed by atoms with E-state index in [-0.39, 0.29) is 5.92 Å². The van der Waals surface area contributed by atoms with Crippen molar-refractivity contribution in [2.45, 2.75) is 96.9 Å². The molecule has 8 heteroatoms. The van der Waals surface area contributed by atoms with Gasteiger partial charge in [-0.25, -0.2) is 0 Å². The van der Waals surface area contributed by atoms with Crippen LogP contribution in [0.1, 0.15) is 60.8 Å². The van der Waals surface area contributed by atoms with Gasteiger partial charge in [-0.15, -0.1) is 0 Å².